The minimum Gasteiger partial charge on any atom is -0.314 e. The van der Waals surface area contributed by atoms with Crippen LogP contribution < -0.4 is 5.32 Å². The fourth-order valence-corrected chi connectivity index (χ4v) is 2.86. The fraction of sp³-hybridized carbons (Fsp3) is 0.769. The van der Waals surface area contributed by atoms with E-state index in [-0.39, 0.29) is 11.3 Å². The minimum absolute atomic E-state index is 0.0253. The Hall–Kier alpha value is -1.23. The summed E-state index contributed by atoms with van der Waals surface area (Å²) in [5, 5.41) is 11.2. The molecule has 1 heterocycles. The highest BCUT2D eigenvalue weighted by Crippen LogP contribution is 2.31. The van der Waals surface area contributed by atoms with Crippen LogP contribution in [0.3, 0.4) is 0 Å². The van der Waals surface area contributed by atoms with Crippen LogP contribution in [-0.4, -0.2) is 33.4 Å². The zero-order valence-corrected chi connectivity index (χ0v) is 11.3. The highest BCUT2D eigenvalue weighted by molar-refractivity contribution is 5.81. The molecule has 0 aliphatic heterocycles. The molecule has 0 bridgehead atoms. The molecule has 5 heteroatoms. The van der Waals surface area contributed by atoms with E-state index in [9.17, 15) is 4.79 Å². The van der Waals surface area contributed by atoms with Crippen LogP contribution in [-0.2, 0) is 18.3 Å². The van der Waals surface area contributed by atoms with Crippen LogP contribution in [0, 0.1) is 0 Å². The van der Waals surface area contributed by atoms with E-state index in [2.05, 4.69) is 15.6 Å². The van der Waals surface area contributed by atoms with E-state index < -0.39 is 0 Å². The smallest absolute Gasteiger partial charge is 0.140 e. The van der Waals surface area contributed by atoms with E-state index in [0.29, 0.717) is 12.8 Å². The Kier molecular flexibility index (Phi) is 4.11. The zero-order valence-electron chi connectivity index (χ0n) is 11.3. The van der Waals surface area contributed by atoms with Crippen molar-refractivity contribution in [2.75, 3.05) is 7.05 Å². The number of carbonyl (C=O) groups excluding carboxylic acids is 1. The molecule has 2 rings (SSSR count). The standard InChI is InChI=1S/C13H22N4O/c1-14-13(6-4-3-5-7-13)9-12(18)8-11-10-17(2)16-15-11/h10,14H,3-9H2,1-2H3. The van der Waals surface area contributed by atoms with Gasteiger partial charge in [0.15, 0.2) is 0 Å². The van der Waals surface area contributed by atoms with Gasteiger partial charge in [0.25, 0.3) is 0 Å². The number of nitrogens with zero attached hydrogens (tertiary/aromatic N) is 3. The summed E-state index contributed by atoms with van der Waals surface area (Å²) >= 11 is 0. The van der Waals surface area contributed by atoms with Gasteiger partial charge in [-0.25, -0.2) is 0 Å². The van der Waals surface area contributed by atoms with Gasteiger partial charge in [0.1, 0.15) is 5.78 Å². The van der Waals surface area contributed by atoms with Crippen molar-refractivity contribution in [1.82, 2.24) is 20.3 Å². The Labute approximate surface area is 108 Å². The number of aryl methyl sites for hydroxylation is 1. The summed E-state index contributed by atoms with van der Waals surface area (Å²) in [6.45, 7) is 0. The third-order valence-electron chi connectivity index (χ3n) is 3.90. The van der Waals surface area contributed by atoms with Crippen LogP contribution in [0.5, 0.6) is 0 Å². The molecule has 0 atom stereocenters. The van der Waals surface area contributed by atoms with E-state index in [1.807, 2.05) is 20.3 Å². The largest absolute Gasteiger partial charge is 0.314 e. The number of carbonyl (C=O) groups is 1. The molecule has 1 fully saturated rings. The van der Waals surface area contributed by atoms with E-state index in [1.54, 1.807) is 4.68 Å². The van der Waals surface area contributed by atoms with Gasteiger partial charge >= 0.3 is 0 Å². The van der Waals surface area contributed by atoms with Crippen molar-refractivity contribution in [3.05, 3.63) is 11.9 Å². The minimum atomic E-state index is 0.0253. The molecule has 0 aromatic carbocycles. The molecule has 1 aliphatic rings. The zero-order chi connectivity index (χ0) is 13.0. The average Bonchev–Trinajstić information content (AvgIpc) is 2.75. The van der Waals surface area contributed by atoms with Gasteiger partial charge in [-0.2, -0.15) is 0 Å². The highest BCUT2D eigenvalue weighted by Gasteiger charge is 2.32. The molecule has 5 nitrogen and oxygen atoms in total. The lowest BCUT2D eigenvalue weighted by atomic mass is 9.78. The number of nitrogens with one attached hydrogen (secondary N) is 1. The van der Waals surface area contributed by atoms with Crippen LogP contribution in [0.25, 0.3) is 0 Å². The Balaban J connectivity index is 1.93. The molecular weight excluding hydrogens is 228 g/mol. The lowest BCUT2D eigenvalue weighted by Gasteiger charge is -2.36. The quantitative estimate of drug-likeness (QED) is 0.854. The van der Waals surface area contributed by atoms with Crippen molar-refractivity contribution in [2.45, 2.75) is 50.5 Å². The molecule has 0 amide bonds. The van der Waals surface area contributed by atoms with Crippen molar-refractivity contribution in [3.8, 4) is 0 Å². The predicted octanol–water partition coefficient (Wildman–Crippen LogP) is 1.24. The van der Waals surface area contributed by atoms with Gasteiger partial charge in [-0.3, -0.25) is 9.48 Å². The Morgan fingerprint density at radius 3 is 2.72 bits per heavy atom. The van der Waals surface area contributed by atoms with Crippen LogP contribution in [0.1, 0.15) is 44.2 Å². The van der Waals surface area contributed by atoms with Crippen LogP contribution in [0.4, 0.5) is 0 Å². The van der Waals surface area contributed by atoms with E-state index in [4.69, 9.17) is 0 Å². The summed E-state index contributed by atoms with van der Waals surface area (Å²) < 4.78 is 1.64. The van der Waals surface area contributed by atoms with Gasteiger partial charge in [-0.15, -0.1) is 5.10 Å². The first-order chi connectivity index (χ1) is 8.63. The van der Waals surface area contributed by atoms with Crippen LogP contribution in [0.15, 0.2) is 6.20 Å². The Bertz CT molecular complexity index is 407. The molecule has 1 saturated carbocycles. The summed E-state index contributed by atoms with van der Waals surface area (Å²) in [6, 6.07) is 0. The summed E-state index contributed by atoms with van der Waals surface area (Å²) in [6.07, 6.45) is 8.77. The number of hydrogen-bond donors (Lipinski definition) is 1. The second-order valence-electron chi connectivity index (χ2n) is 5.37. The molecular formula is C13H22N4O. The van der Waals surface area contributed by atoms with Gasteiger partial charge in [-0.05, 0) is 19.9 Å². The monoisotopic (exact) mass is 250 g/mol. The first kappa shape index (κ1) is 13.2. The fourth-order valence-electron chi connectivity index (χ4n) is 2.86. The lowest BCUT2D eigenvalue weighted by Crippen LogP contribution is -2.46. The summed E-state index contributed by atoms with van der Waals surface area (Å²) in [7, 11) is 3.79. The third-order valence-corrected chi connectivity index (χ3v) is 3.90. The first-order valence-electron chi connectivity index (χ1n) is 6.69. The molecule has 0 unspecified atom stereocenters. The molecule has 1 N–H and O–H groups in total. The first-order valence-corrected chi connectivity index (χ1v) is 6.69. The molecule has 18 heavy (non-hydrogen) atoms. The number of rotatable bonds is 5. The predicted molar refractivity (Wildman–Crippen MR) is 69.2 cm³/mol. The second-order valence-corrected chi connectivity index (χ2v) is 5.37. The number of Topliss-reactive ketones (excluding diaryl/α,β-unsaturated/α-hetero) is 1. The van der Waals surface area contributed by atoms with Crippen LogP contribution in [0.2, 0.25) is 0 Å². The van der Waals surface area contributed by atoms with Gasteiger partial charge in [0, 0.05) is 25.2 Å². The Morgan fingerprint density at radius 2 is 2.17 bits per heavy atom. The molecule has 1 aromatic rings. The van der Waals surface area contributed by atoms with E-state index >= 15 is 0 Å². The lowest BCUT2D eigenvalue weighted by molar-refractivity contribution is -0.120. The van der Waals surface area contributed by atoms with Crippen molar-refractivity contribution < 1.29 is 4.79 Å². The number of ketones is 1. The maximum atomic E-state index is 12.1. The Morgan fingerprint density at radius 1 is 1.44 bits per heavy atom. The van der Waals surface area contributed by atoms with Crippen LogP contribution >= 0.6 is 0 Å². The van der Waals surface area contributed by atoms with E-state index in [0.717, 1.165) is 18.5 Å². The maximum Gasteiger partial charge on any atom is 0.140 e. The highest BCUT2D eigenvalue weighted by atomic mass is 16.1. The maximum absolute atomic E-state index is 12.1. The molecule has 0 spiro atoms. The summed E-state index contributed by atoms with van der Waals surface area (Å²) in [4.78, 5) is 12.1. The average molecular weight is 250 g/mol. The second kappa shape index (κ2) is 5.61. The van der Waals surface area contributed by atoms with Gasteiger partial charge in [0.05, 0.1) is 12.1 Å². The van der Waals surface area contributed by atoms with E-state index in [1.165, 1.54) is 19.3 Å². The number of aromatic nitrogens is 3. The SMILES string of the molecule is CNC1(CC(=O)Cc2cn(C)nn2)CCCCC1. The van der Waals surface area contributed by atoms with Crippen molar-refractivity contribution >= 4 is 5.78 Å². The topological polar surface area (TPSA) is 59.8 Å². The number of hydrogen-bond acceptors (Lipinski definition) is 4. The molecule has 100 valence electrons. The molecule has 0 radical (unpaired) electrons. The third kappa shape index (κ3) is 3.16. The summed E-state index contributed by atoms with van der Waals surface area (Å²) in [5.74, 6) is 0.256. The molecule has 1 aliphatic carbocycles. The van der Waals surface area contributed by atoms with Gasteiger partial charge in [-0.1, -0.05) is 24.5 Å². The van der Waals surface area contributed by atoms with Crippen molar-refractivity contribution in [2.24, 2.45) is 7.05 Å². The molecule has 1 aromatic heterocycles. The summed E-state index contributed by atoms with van der Waals surface area (Å²) in [5.41, 5.74) is 0.793. The van der Waals surface area contributed by atoms with Crippen molar-refractivity contribution in [1.29, 1.82) is 0 Å². The normalized spacial score (nSPS) is 18.8. The van der Waals surface area contributed by atoms with Gasteiger partial charge in [0.2, 0.25) is 0 Å². The van der Waals surface area contributed by atoms with Gasteiger partial charge < -0.3 is 5.32 Å². The van der Waals surface area contributed by atoms with Crippen molar-refractivity contribution in [3.63, 3.8) is 0 Å². The molecule has 0 saturated heterocycles.